The largest absolute Gasteiger partial charge is 0.363 e. The van der Waals surface area contributed by atoms with Gasteiger partial charge in [-0.05, 0) is 97.1 Å². The van der Waals surface area contributed by atoms with Crippen molar-refractivity contribution >= 4 is 71.9 Å². The molecule has 0 radical (unpaired) electrons. The highest BCUT2D eigenvalue weighted by Crippen LogP contribution is 2.21. The molecule has 0 N–H and O–H groups in total. The van der Waals surface area contributed by atoms with Gasteiger partial charge in [0.25, 0.3) is 0 Å². The van der Waals surface area contributed by atoms with Crippen molar-refractivity contribution in [2.24, 2.45) is 0 Å². The zero-order chi connectivity index (χ0) is 35.6. The number of hydrogen-bond donors (Lipinski definition) is 0. The molecule has 0 aliphatic rings. The van der Waals surface area contributed by atoms with Crippen LogP contribution in [0.2, 0.25) is 0 Å². The van der Waals surface area contributed by atoms with Crippen molar-refractivity contribution in [1.82, 2.24) is 29.9 Å². The van der Waals surface area contributed by atoms with Crippen LogP contribution >= 0.6 is 0 Å². The second kappa shape index (κ2) is 16.3. The fourth-order valence-corrected chi connectivity index (χ4v) is 4.76. The van der Waals surface area contributed by atoms with Crippen LogP contribution in [0.4, 0.5) is 23.3 Å². The van der Waals surface area contributed by atoms with Crippen molar-refractivity contribution in [3.8, 4) is 0 Å². The standard InChI is InChI=1S/C40H44N10/c1-47(2)37-17-9-13-29(41-37)21-25-33-34(26-22-30-14-10-18-38(42-30)48(3)4)46-36(28-24-32-16-12-20-40(44-32)50(7)8)35(45-33)27-23-31-15-11-19-39(43-31)49(5)6/h9-28H,1-8H3/b25-21+,26-22+,27-23+,28-24+. The lowest BCUT2D eigenvalue weighted by Gasteiger charge is -2.12. The molecule has 5 rings (SSSR count). The van der Waals surface area contributed by atoms with E-state index in [1.54, 1.807) is 0 Å². The van der Waals surface area contributed by atoms with Gasteiger partial charge < -0.3 is 19.6 Å². The molecule has 10 nitrogen and oxygen atoms in total. The molecule has 0 unspecified atom stereocenters. The maximum Gasteiger partial charge on any atom is 0.128 e. The lowest BCUT2D eigenvalue weighted by Crippen LogP contribution is -2.10. The van der Waals surface area contributed by atoms with E-state index in [1.807, 2.05) is 197 Å². The quantitative estimate of drug-likeness (QED) is 0.139. The Hall–Kier alpha value is -6.16. The first-order valence-electron chi connectivity index (χ1n) is 16.3. The highest BCUT2D eigenvalue weighted by Gasteiger charge is 2.10. The number of hydrogen-bond acceptors (Lipinski definition) is 10. The van der Waals surface area contributed by atoms with E-state index in [9.17, 15) is 0 Å². The Labute approximate surface area is 295 Å². The highest BCUT2D eigenvalue weighted by atomic mass is 15.1. The van der Waals surface area contributed by atoms with Crippen LogP contribution in [0.1, 0.15) is 45.6 Å². The number of rotatable bonds is 12. The molecule has 0 bridgehead atoms. The van der Waals surface area contributed by atoms with Crippen molar-refractivity contribution in [1.29, 1.82) is 0 Å². The van der Waals surface area contributed by atoms with Crippen molar-refractivity contribution < 1.29 is 0 Å². The molecule has 50 heavy (non-hydrogen) atoms. The van der Waals surface area contributed by atoms with Gasteiger partial charge in [0.2, 0.25) is 0 Å². The van der Waals surface area contributed by atoms with Gasteiger partial charge in [-0.15, -0.1) is 0 Å². The molecule has 0 aliphatic heterocycles. The molecule has 0 aliphatic carbocycles. The van der Waals surface area contributed by atoms with Crippen LogP contribution in [0.25, 0.3) is 48.6 Å². The Morgan fingerprint density at radius 2 is 0.520 bits per heavy atom. The van der Waals surface area contributed by atoms with Gasteiger partial charge in [-0.1, -0.05) is 24.3 Å². The van der Waals surface area contributed by atoms with Crippen molar-refractivity contribution in [2.75, 3.05) is 76.0 Å². The van der Waals surface area contributed by atoms with E-state index in [-0.39, 0.29) is 0 Å². The molecule has 0 saturated carbocycles. The van der Waals surface area contributed by atoms with Crippen LogP contribution < -0.4 is 19.6 Å². The molecule has 5 aromatic rings. The van der Waals surface area contributed by atoms with E-state index in [0.29, 0.717) is 22.8 Å². The smallest absolute Gasteiger partial charge is 0.128 e. The summed E-state index contributed by atoms with van der Waals surface area (Å²) in [4.78, 5) is 37.3. The van der Waals surface area contributed by atoms with E-state index in [0.717, 1.165) is 46.0 Å². The molecular weight excluding hydrogens is 621 g/mol. The molecule has 0 fully saturated rings. The average Bonchev–Trinajstić information content (AvgIpc) is 3.12. The molecule has 0 saturated heterocycles. The summed E-state index contributed by atoms with van der Waals surface area (Å²) in [5, 5.41) is 0. The fraction of sp³-hybridized carbons (Fsp3) is 0.200. The van der Waals surface area contributed by atoms with Gasteiger partial charge >= 0.3 is 0 Å². The first kappa shape index (κ1) is 35.2. The zero-order valence-electron chi connectivity index (χ0n) is 30.0. The predicted octanol–water partition coefficient (Wildman–Crippen LogP) is 7.00. The molecule has 5 aromatic heterocycles. The summed E-state index contributed by atoms with van der Waals surface area (Å²) < 4.78 is 0. The van der Waals surface area contributed by atoms with Crippen LogP contribution in [0, 0.1) is 0 Å². The fourth-order valence-electron chi connectivity index (χ4n) is 4.76. The van der Waals surface area contributed by atoms with Gasteiger partial charge in [0.05, 0.1) is 45.6 Å². The van der Waals surface area contributed by atoms with Gasteiger partial charge in [-0.2, -0.15) is 0 Å². The zero-order valence-corrected chi connectivity index (χ0v) is 30.0. The maximum atomic E-state index is 5.16. The molecule has 0 spiro atoms. The summed E-state index contributed by atoms with van der Waals surface area (Å²) >= 11 is 0. The molecule has 254 valence electrons. The summed E-state index contributed by atoms with van der Waals surface area (Å²) in [6.45, 7) is 0. The number of nitrogens with zero attached hydrogens (tertiary/aromatic N) is 10. The van der Waals surface area contributed by atoms with Gasteiger partial charge in [-0.3, -0.25) is 0 Å². The number of aromatic nitrogens is 6. The monoisotopic (exact) mass is 664 g/mol. The van der Waals surface area contributed by atoms with Gasteiger partial charge in [0.15, 0.2) is 0 Å². The Kier molecular flexibility index (Phi) is 11.5. The summed E-state index contributed by atoms with van der Waals surface area (Å²) in [5.41, 5.74) is 5.97. The van der Waals surface area contributed by atoms with Crippen LogP contribution in [0.3, 0.4) is 0 Å². The molecule has 0 aromatic carbocycles. The van der Waals surface area contributed by atoms with Crippen LogP contribution in [0.5, 0.6) is 0 Å². The maximum absolute atomic E-state index is 5.16. The van der Waals surface area contributed by atoms with Crippen LogP contribution in [-0.2, 0) is 0 Å². The van der Waals surface area contributed by atoms with Crippen LogP contribution in [-0.4, -0.2) is 86.3 Å². The normalized spacial score (nSPS) is 11.7. The summed E-state index contributed by atoms with van der Waals surface area (Å²) in [5.74, 6) is 3.48. The van der Waals surface area contributed by atoms with Crippen molar-refractivity contribution in [3.05, 3.63) is 118 Å². The molecule has 5 heterocycles. The molecule has 0 atom stereocenters. The molecular formula is C40H44N10. The minimum absolute atomic E-state index is 0.682. The second-order valence-corrected chi connectivity index (χ2v) is 12.4. The highest BCUT2D eigenvalue weighted by molar-refractivity contribution is 5.81. The SMILES string of the molecule is CN(C)c1cccc(/C=C/c2nc(/C=C/c3cccc(N(C)C)n3)c(/C=C/c3cccc(N(C)C)n3)nc2/C=C/c2cccc(N(C)C)n2)n1. The Bertz CT molecular complexity index is 1750. The second-order valence-electron chi connectivity index (χ2n) is 12.4. The number of pyridine rings is 4. The summed E-state index contributed by atoms with van der Waals surface area (Å²) in [7, 11) is 15.8. The number of anilines is 4. The minimum Gasteiger partial charge on any atom is -0.363 e. The van der Waals surface area contributed by atoms with E-state index in [2.05, 4.69) is 0 Å². The summed E-state index contributed by atoms with van der Waals surface area (Å²) in [6.07, 6.45) is 15.7. The molecule has 10 heteroatoms. The van der Waals surface area contributed by atoms with Gasteiger partial charge in [0.1, 0.15) is 23.3 Å². The van der Waals surface area contributed by atoms with Gasteiger partial charge in [-0.25, -0.2) is 29.9 Å². The van der Waals surface area contributed by atoms with Crippen molar-refractivity contribution in [3.63, 3.8) is 0 Å². The van der Waals surface area contributed by atoms with E-state index in [4.69, 9.17) is 29.9 Å². The third-order valence-electron chi connectivity index (χ3n) is 7.51. The van der Waals surface area contributed by atoms with E-state index in [1.165, 1.54) is 0 Å². The third-order valence-corrected chi connectivity index (χ3v) is 7.51. The van der Waals surface area contributed by atoms with Crippen LogP contribution in [0.15, 0.2) is 72.8 Å². The van der Waals surface area contributed by atoms with E-state index < -0.39 is 0 Å². The minimum atomic E-state index is 0.682. The lowest BCUT2D eigenvalue weighted by atomic mass is 10.1. The van der Waals surface area contributed by atoms with Gasteiger partial charge in [0, 0.05) is 56.4 Å². The van der Waals surface area contributed by atoms with Crippen molar-refractivity contribution in [2.45, 2.75) is 0 Å². The summed E-state index contributed by atoms with van der Waals surface area (Å²) in [6, 6.07) is 23.8. The van der Waals surface area contributed by atoms with E-state index >= 15 is 0 Å². The average molecular weight is 665 g/mol. The lowest BCUT2D eigenvalue weighted by molar-refractivity contribution is 1.06. The third kappa shape index (κ3) is 9.47. The molecule has 0 amide bonds. The Morgan fingerprint density at radius 1 is 0.300 bits per heavy atom. The topological polar surface area (TPSA) is 90.3 Å². The Balaban J connectivity index is 1.65. The predicted molar refractivity (Wildman–Crippen MR) is 212 cm³/mol. The first-order valence-corrected chi connectivity index (χ1v) is 16.3. The first-order chi connectivity index (χ1) is 24.0. The Morgan fingerprint density at radius 3 is 0.720 bits per heavy atom.